The zero-order chi connectivity index (χ0) is 30.0. The number of hydrogen-bond donors (Lipinski definition) is 1. The first-order valence-electron chi connectivity index (χ1n) is 17.5. The molecular weight excluding hydrogens is 546 g/mol. The Labute approximate surface area is 269 Å². The van der Waals surface area contributed by atoms with E-state index in [4.69, 9.17) is 0 Å². The molecule has 0 amide bonds. The van der Waals surface area contributed by atoms with Gasteiger partial charge in [0, 0.05) is 41.7 Å². The van der Waals surface area contributed by atoms with Crippen LogP contribution in [0.2, 0.25) is 0 Å². The van der Waals surface area contributed by atoms with Gasteiger partial charge in [-0.25, -0.2) is 0 Å². The lowest BCUT2D eigenvalue weighted by Crippen LogP contribution is -2.40. The third-order valence-corrected chi connectivity index (χ3v) is 11.9. The zero-order valence-electron chi connectivity index (χ0n) is 26.5. The highest BCUT2D eigenvalue weighted by Gasteiger charge is 2.44. The molecule has 0 radical (unpaired) electrons. The average molecular weight is 592 g/mol. The second-order valence-corrected chi connectivity index (χ2v) is 14.5. The van der Waals surface area contributed by atoms with Gasteiger partial charge >= 0.3 is 0 Å². The van der Waals surface area contributed by atoms with Crippen LogP contribution in [0.15, 0.2) is 154 Å². The minimum atomic E-state index is 0.145. The molecule has 9 aliphatic rings. The SMILES string of the molecule is C[C@]1(C2=CC(C3=CC=CC(N4C5=C(CCC=C5)C5C=CC=CC54)C3)=CNC2)CCC=C(N2C3=C(C=CCC3)C3C=CC=CC32)C1. The lowest BCUT2D eigenvalue weighted by molar-refractivity contribution is 0.254. The van der Waals surface area contributed by atoms with E-state index in [0.717, 1.165) is 38.6 Å². The second-order valence-electron chi connectivity index (χ2n) is 14.5. The summed E-state index contributed by atoms with van der Waals surface area (Å²) in [5, 5.41) is 3.73. The summed E-state index contributed by atoms with van der Waals surface area (Å²) in [7, 11) is 0. The highest BCUT2D eigenvalue weighted by Crippen LogP contribution is 2.51. The van der Waals surface area contributed by atoms with Crippen molar-refractivity contribution in [2.45, 2.75) is 76.4 Å². The summed E-state index contributed by atoms with van der Waals surface area (Å²) in [5.41, 5.74) is 12.3. The van der Waals surface area contributed by atoms with Crippen LogP contribution in [0, 0.1) is 17.3 Å². The Balaban J connectivity index is 0.964. The quantitative estimate of drug-likeness (QED) is 0.353. The van der Waals surface area contributed by atoms with Crippen molar-refractivity contribution in [3.8, 4) is 0 Å². The Kier molecular flexibility index (Phi) is 6.58. The van der Waals surface area contributed by atoms with E-state index >= 15 is 0 Å². The summed E-state index contributed by atoms with van der Waals surface area (Å²) < 4.78 is 0. The maximum absolute atomic E-state index is 3.73. The zero-order valence-corrected chi connectivity index (χ0v) is 26.5. The van der Waals surface area contributed by atoms with Crippen LogP contribution in [-0.2, 0) is 0 Å². The minimum absolute atomic E-state index is 0.145. The molecule has 0 aromatic heterocycles. The number of hydrogen-bond acceptors (Lipinski definition) is 3. The first-order chi connectivity index (χ1) is 22.2. The lowest BCUT2D eigenvalue weighted by Gasteiger charge is -2.43. The average Bonchev–Trinajstić information content (AvgIpc) is 3.62. The van der Waals surface area contributed by atoms with Gasteiger partial charge in [-0.2, -0.15) is 0 Å². The van der Waals surface area contributed by atoms with Crippen LogP contribution < -0.4 is 5.32 Å². The van der Waals surface area contributed by atoms with Crippen LogP contribution >= 0.6 is 0 Å². The molecule has 5 unspecified atom stereocenters. The van der Waals surface area contributed by atoms with E-state index in [1.54, 1.807) is 28.1 Å². The van der Waals surface area contributed by atoms with Gasteiger partial charge in [0.05, 0.1) is 18.1 Å². The van der Waals surface area contributed by atoms with Gasteiger partial charge in [-0.15, -0.1) is 0 Å². The third-order valence-electron chi connectivity index (χ3n) is 11.9. The Morgan fingerprint density at radius 2 is 1.67 bits per heavy atom. The largest absolute Gasteiger partial charge is 0.387 e. The fourth-order valence-corrected chi connectivity index (χ4v) is 9.68. The van der Waals surface area contributed by atoms with Crippen molar-refractivity contribution < 1.29 is 0 Å². The lowest BCUT2D eigenvalue weighted by atomic mass is 9.70. The Morgan fingerprint density at radius 1 is 0.844 bits per heavy atom. The van der Waals surface area contributed by atoms with E-state index in [2.05, 4.69) is 132 Å². The van der Waals surface area contributed by atoms with Crippen LogP contribution in [0.3, 0.4) is 0 Å². The maximum Gasteiger partial charge on any atom is 0.0623 e. The summed E-state index contributed by atoms with van der Waals surface area (Å²) in [4.78, 5) is 5.47. The molecule has 3 heteroatoms. The van der Waals surface area contributed by atoms with Crippen LogP contribution in [0.5, 0.6) is 0 Å². The molecule has 6 atom stereocenters. The number of rotatable bonds is 4. The van der Waals surface area contributed by atoms with Crippen molar-refractivity contribution in [2.24, 2.45) is 17.3 Å². The topological polar surface area (TPSA) is 18.5 Å². The molecule has 0 fully saturated rings. The standard InChI is InChI=1S/C42H45N3/c1-42(23-11-14-33(26-42)45-40-21-8-4-17-36(40)37-18-5-9-22-41(37)45)31-24-30(27-43-28-31)29-12-10-13-32(25-29)44-38-19-6-2-15-34(38)35-16-3-7-20-39(35)44/h2,4-8,10,12-15,17-21,24,27,32,34,36,38,40,43H,3,9,11,16,22-23,25-26,28H2,1H3/t32?,34?,36?,38?,40?,42-/m0/s1. The smallest absolute Gasteiger partial charge is 0.0623 e. The van der Waals surface area contributed by atoms with Crippen LogP contribution in [0.4, 0.5) is 0 Å². The fraction of sp³-hybridized carbons (Fsp3) is 0.381. The predicted octanol–water partition coefficient (Wildman–Crippen LogP) is 8.79. The summed E-state index contributed by atoms with van der Waals surface area (Å²) in [5.74, 6) is 1.01. The van der Waals surface area contributed by atoms with Crippen LogP contribution in [-0.4, -0.2) is 34.5 Å². The molecule has 0 spiro atoms. The molecule has 3 aliphatic heterocycles. The molecule has 0 aromatic rings. The first kappa shape index (κ1) is 27.3. The third kappa shape index (κ3) is 4.45. The molecule has 3 heterocycles. The van der Waals surface area contributed by atoms with Crippen molar-refractivity contribution in [2.75, 3.05) is 6.54 Å². The molecule has 0 bridgehead atoms. The van der Waals surface area contributed by atoms with Crippen LogP contribution in [0.1, 0.15) is 58.3 Å². The van der Waals surface area contributed by atoms with Crippen molar-refractivity contribution in [1.29, 1.82) is 0 Å². The number of allylic oxidation sites excluding steroid dienone is 15. The van der Waals surface area contributed by atoms with Crippen molar-refractivity contribution in [1.82, 2.24) is 15.1 Å². The molecule has 9 rings (SSSR count). The predicted molar refractivity (Wildman–Crippen MR) is 185 cm³/mol. The molecule has 0 aromatic carbocycles. The van der Waals surface area contributed by atoms with E-state index in [1.165, 1.54) is 36.1 Å². The van der Waals surface area contributed by atoms with Crippen molar-refractivity contribution in [3.05, 3.63) is 154 Å². The molecule has 45 heavy (non-hydrogen) atoms. The van der Waals surface area contributed by atoms with Crippen LogP contribution in [0.25, 0.3) is 0 Å². The molecule has 1 N–H and O–H groups in total. The Morgan fingerprint density at radius 3 is 2.60 bits per heavy atom. The molecular formula is C42H45N3. The van der Waals surface area contributed by atoms with E-state index < -0.39 is 0 Å². The van der Waals surface area contributed by atoms with E-state index in [1.807, 2.05) is 0 Å². The summed E-state index contributed by atoms with van der Waals surface area (Å²) in [6.07, 6.45) is 52.0. The van der Waals surface area contributed by atoms with Gasteiger partial charge in [0.25, 0.3) is 0 Å². The van der Waals surface area contributed by atoms with Gasteiger partial charge in [0.15, 0.2) is 0 Å². The van der Waals surface area contributed by atoms with Gasteiger partial charge < -0.3 is 15.1 Å². The fourth-order valence-electron chi connectivity index (χ4n) is 9.68. The number of dihydropyridines is 1. The molecule has 228 valence electrons. The molecule has 0 saturated carbocycles. The highest BCUT2D eigenvalue weighted by molar-refractivity contribution is 5.51. The molecule has 3 nitrogen and oxygen atoms in total. The maximum atomic E-state index is 3.73. The second kappa shape index (κ2) is 10.8. The monoisotopic (exact) mass is 591 g/mol. The normalized spacial score (nSPS) is 35.9. The highest BCUT2D eigenvalue weighted by atomic mass is 15.2. The number of nitrogens with one attached hydrogen (secondary N) is 1. The van der Waals surface area contributed by atoms with E-state index in [9.17, 15) is 0 Å². The van der Waals surface area contributed by atoms with E-state index in [0.29, 0.717) is 30.0 Å². The van der Waals surface area contributed by atoms with Gasteiger partial charge in [-0.1, -0.05) is 104 Å². The van der Waals surface area contributed by atoms with Gasteiger partial charge in [-0.3, -0.25) is 0 Å². The van der Waals surface area contributed by atoms with Crippen molar-refractivity contribution >= 4 is 0 Å². The van der Waals surface area contributed by atoms with Gasteiger partial charge in [-0.05, 0) is 90.7 Å². The van der Waals surface area contributed by atoms with Gasteiger partial charge in [0.1, 0.15) is 0 Å². The van der Waals surface area contributed by atoms with E-state index in [-0.39, 0.29) is 5.41 Å². The summed E-state index contributed by atoms with van der Waals surface area (Å²) >= 11 is 0. The van der Waals surface area contributed by atoms with Gasteiger partial charge in [0.2, 0.25) is 0 Å². The molecule has 0 saturated heterocycles. The Hall–Kier alpha value is -3.98. The first-order valence-corrected chi connectivity index (χ1v) is 17.5. The summed E-state index contributed by atoms with van der Waals surface area (Å²) in [6, 6.07) is 1.23. The number of nitrogens with zero attached hydrogens (tertiary/aromatic N) is 2. The Bertz CT molecular complexity index is 1710. The number of fused-ring (bicyclic) bond motifs is 4. The minimum Gasteiger partial charge on any atom is -0.387 e. The molecule has 6 aliphatic carbocycles. The summed E-state index contributed by atoms with van der Waals surface area (Å²) in [6.45, 7) is 3.48. The van der Waals surface area contributed by atoms with Crippen molar-refractivity contribution in [3.63, 3.8) is 0 Å².